The number of rotatable bonds is 6. The smallest absolute Gasteiger partial charge is 0.242 e. The quantitative estimate of drug-likeness (QED) is 0.845. The van der Waals surface area contributed by atoms with Crippen LogP contribution in [0, 0.1) is 5.41 Å². The lowest BCUT2D eigenvalue weighted by Crippen LogP contribution is -2.34. The molecular formula is C15H24N2O3S. The van der Waals surface area contributed by atoms with Gasteiger partial charge in [0, 0.05) is 24.5 Å². The Kier molecular flexibility index (Phi) is 3.88. The molecule has 1 heterocycles. The lowest BCUT2D eigenvalue weighted by molar-refractivity contribution is 0.270. The molecule has 21 heavy (non-hydrogen) atoms. The van der Waals surface area contributed by atoms with Crippen molar-refractivity contribution in [2.75, 3.05) is 6.54 Å². The molecule has 0 aliphatic heterocycles. The summed E-state index contributed by atoms with van der Waals surface area (Å²) in [5, 5.41) is 9.38. The normalized spacial score (nSPS) is 21.8. The zero-order valence-electron chi connectivity index (χ0n) is 12.5. The fourth-order valence-corrected chi connectivity index (χ4v) is 4.47. The van der Waals surface area contributed by atoms with E-state index in [2.05, 4.69) is 11.6 Å². The van der Waals surface area contributed by atoms with Crippen molar-refractivity contribution in [3.05, 3.63) is 18.0 Å². The zero-order chi connectivity index (χ0) is 15.1. The molecule has 0 atom stereocenters. The fourth-order valence-electron chi connectivity index (χ4n) is 3.22. The van der Waals surface area contributed by atoms with Gasteiger partial charge in [-0.15, -0.1) is 0 Å². The van der Waals surface area contributed by atoms with Crippen molar-refractivity contribution in [1.29, 1.82) is 0 Å². The molecule has 0 unspecified atom stereocenters. The molecule has 0 amide bonds. The van der Waals surface area contributed by atoms with Gasteiger partial charge in [0.15, 0.2) is 0 Å². The molecule has 0 spiro atoms. The van der Waals surface area contributed by atoms with Crippen LogP contribution < -0.4 is 4.72 Å². The van der Waals surface area contributed by atoms with Crippen LogP contribution >= 0.6 is 0 Å². The van der Waals surface area contributed by atoms with Crippen molar-refractivity contribution < 1.29 is 13.5 Å². The third kappa shape index (κ3) is 3.17. The van der Waals surface area contributed by atoms with E-state index in [4.69, 9.17) is 0 Å². The molecule has 6 heteroatoms. The Labute approximate surface area is 126 Å². The maximum Gasteiger partial charge on any atom is 0.242 e. The number of sulfonamides is 1. The van der Waals surface area contributed by atoms with E-state index in [1.807, 2.05) is 4.57 Å². The van der Waals surface area contributed by atoms with Gasteiger partial charge >= 0.3 is 0 Å². The van der Waals surface area contributed by atoms with Crippen LogP contribution in [-0.4, -0.2) is 24.6 Å². The highest BCUT2D eigenvalue weighted by molar-refractivity contribution is 7.89. The van der Waals surface area contributed by atoms with Crippen LogP contribution in [0.1, 0.15) is 57.2 Å². The molecule has 2 N–H and O–H groups in total. The van der Waals surface area contributed by atoms with Crippen LogP contribution in [0.2, 0.25) is 0 Å². The summed E-state index contributed by atoms with van der Waals surface area (Å²) in [6.07, 6.45) is 8.33. The molecule has 0 aromatic carbocycles. The molecule has 1 aromatic heterocycles. The highest BCUT2D eigenvalue weighted by Crippen LogP contribution is 2.38. The van der Waals surface area contributed by atoms with Crippen LogP contribution in [0.15, 0.2) is 17.2 Å². The predicted molar refractivity (Wildman–Crippen MR) is 80.4 cm³/mol. The number of aliphatic hydroxyl groups is 1. The van der Waals surface area contributed by atoms with Gasteiger partial charge in [-0.25, -0.2) is 13.1 Å². The van der Waals surface area contributed by atoms with Crippen LogP contribution in [0.4, 0.5) is 0 Å². The van der Waals surface area contributed by atoms with Crippen LogP contribution in [0.3, 0.4) is 0 Å². The van der Waals surface area contributed by atoms with E-state index < -0.39 is 10.0 Å². The van der Waals surface area contributed by atoms with Crippen molar-refractivity contribution in [2.24, 2.45) is 5.41 Å². The lowest BCUT2D eigenvalue weighted by atomic mass is 9.89. The summed E-state index contributed by atoms with van der Waals surface area (Å²) in [6, 6.07) is 1.96. The summed E-state index contributed by atoms with van der Waals surface area (Å²) in [5.74, 6) is 0. The van der Waals surface area contributed by atoms with E-state index in [1.54, 1.807) is 12.3 Å². The highest BCUT2D eigenvalue weighted by Gasteiger charge is 2.32. The fraction of sp³-hybridized carbons (Fsp3) is 0.733. The maximum atomic E-state index is 12.4. The monoisotopic (exact) mass is 312 g/mol. The minimum atomic E-state index is -3.49. The van der Waals surface area contributed by atoms with Crippen molar-refractivity contribution in [3.63, 3.8) is 0 Å². The number of aromatic nitrogens is 1. The molecule has 0 radical (unpaired) electrons. The van der Waals surface area contributed by atoms with Crippen LogP contribution in [0.5, 0.6) is 0 Å². The van der Waals surface area contributed by atoms with E-state index in [0.29, 0.717) is 18.3 Å². The average Bonchev–Trinajstić information content (AvgIpc) is 3.05. The van der Waals surface area contributed by atoms with Crippen molar-refractivity contribution in [2.45, 2.75) is 63.0 Å². The summed E-state index contributed by atoms with van der Waals surface area (Å²) in [6.45, 7) is 2.53. The van der Waals surface area contributed by atoms with E-state index in [0.717, 1.165) is 25.7 Å². The second-order valence-electron chi connectivity index (χ2n) is 6.81. The van der Waals surface area contributed by atoms with Gasteiger partial charge in [0.05, 0.1) is 11.5 Å². The second-order valence-corrected chi connectivity index (χ2v) is 8.57. The minimum absolute atomic E-state index is 0.0892. The average molecular weight is 312 g/mol. The van der Waals surface area contributed by atoms with Gasteiger partial charge in [-0.05, 0) is 37.2 Å². The summed E-state index contributed by atoms with van der Waals surface area (Å²) in [4.78, 5) is 0.278. The van der Waals surface area contributed by atoms with E-state index in [1.165, 1.54) is 12.8 Å². The standard InChI is InChI=1S/C15H24N2O3S/c1-15(6-2-3-7-15)11-16-21(19,20)14-8-13(10-18)17(9-14)12-4-5-12/h8-9,12,16,18H,2-7,10-11H2,1H3. The van der Waals surface area contributed by atoms with Gasteiger partial charge in [-0.1, -0.05) is 19.8 Å². The summed E-state index contributed by atoms with van der Waals surface area (Å²) >= 11 is 0. The van der Waals surface area contributed by atoms with Gasteiger partial charge < -0.3 is 9.67 Å². The largest absolute Gasteiger partial charge is 0.390 e. The number of nitrogens with one attached hydrogen (secondary N) is 1. The molecule has 0 bridgehead atoms. The minimum Gasteiger partial charge on any atom is -0.390 e. The van der Waals surface area contributed by atoms with Crippen LogP contribution in [0.25, 0.3) is 0 Å². The highest BCUT2D eigenvalue weighted by atomic mass is 32.2. The molecule has 2 aliphatic rings. The van der Waals surface area contributed by atoms with Gasteiger partial charge in [-0.2, -0.15) is 0 Å². The Morgan fingerprint density at radius 2 is 2.05 bits per heavy atom. The van der Waals surface area contributed by atoms with Crippen molar-refractivity contribution in [1.82, 2.24) is 9.29 Å². The first-order valence-electron chi connectivity index (χ1n) is 7.75. The SMILES string of the molecule is CC1(CNS(=O)(=O)c2cc(CO)n(C3CC3)c2)CCCC1. The Bertz CT molecular complexity index is 611. The molecular weight excluding hydrogens is 288 g/mol. The molecule has 0 saturated heterocycles. The molecule has 5 nitrogen and oxygen atoms in total. The maximum absolute atomic E-state index is 12.4. The van der Waals surface area contributed by atoms with Gasteiger partial charge in [0.1, 0.15) is 0 Å². The Balaban J connectivity index is 1.75. The first kappa shape index (κ1) is 15.1. The molecule has 3 rings (SSSR count). The number of hydrogen-bond donors (Lipinski definition) is 2. The number of hydrogen-bond acceptors (Lipinski definition) is 3. The molecule has 2 aliphatic carbocycles. The predicted octanol–water partition coefficient (Wildman–Crippen LogP) is 2.17. The molecule has 2 saturated carbocycles. The first-order valence-corrected chi connectivity index (χ1v) is 9.23. The summed E-state index contributed by atoms with van der Waals surface area (Å²) in [7, 11) is -3.49. The number of aliphatic hydroxyl groups excluding tert-OH is 1. The lowest BCUT2D eigenvalue weighted by Gasteiger charge is -2.23. The summed E-state index contributed by atoms with van der Waals surface area (Å²) < 4.78 is 29.6. The summed E-state index contributed by atoms with van der Waals surface area (Å²) in [5.41, 5.74) is 0.774. The molecule has 1 aromatic rings. The van der Waals surface area contributed by atoms with Crippen molar-refractivity contribution >= 4 is 10.0 Å². The third-order valence-electron chi connectivity index (χ3n) is 4.82. The van der Waals surface area contributed by atoms with Gasteiger partial charge in [-0.3, -0.25) is 0 Å². The van der Waals surface area contributed by atoms with E-state index >= 15 is 0 Å². The third-order valence-corrected chi connectivity index (χ3v) is 6.19. The second kappa shape index (κ2) is 5.41. The molecule has 2 fully saturated rings. The van der Waals surface area contributed by atoms with E-state index in [-0.39, 0.29) is 16.9 Å². The van der Waals surface area contributed by atoms with Crippen LogP contribution in [-0.2, 0) is 16.6 Å². The Morgan fingerprint density at radius 3 is 2.62 bits per heavy atom. The zero-order valence-corrected chi connectivity index (χ0v) is 13.3. The Morgan fingerprint density at radius 1 is 1.38 bits per heavy atom. The van der Waals surface area contributed by atoms with Gasteiger partial charge in [0.2, 0.25) is 10.0 Å². The van der Waals surface area contributed by atoms with E-state index in [9.17, 15) is 13.5 Å². The topological polar surface area (TPSA) is 71.3 Å². The Hall–Kier alpha value is -0.850. The first-order chi connectivity index (χ1) is 9.93. The molecule has 118 valence electrons. The van der Waals surface area contributed by atoms with Crippen molar-refractivity contribution in [3.8, 4) is 0 Å². The van der Waals surface area contributed by atoms with Gasteiger partial charge in [0.25, 0.3) is 0 Å². The number of nitrogens with zero attached hydrogens (tertiary/aromatic N) is 1.